The van der Waals surface area contributed by atoms with E-state index in [9.17, 15) is 4.79 Å². The van der Waals surface area contributed by atoms with Gasteiger partial charge >= 0.3 is 0 Å². The van der Waals surface area contributed by atoms with Crippen LogP contribution < -0.4 is 15.2 Å². The van der Waals surface area contributed by atoms with Crippen molar-refractivity contribution in [3.05, 3.63) is 59.3 Å². The van der Waals surface area contributed by atoms with Gasteiger partial charge in [0.2, 0.25) is 0 Å². The molecule has 0 radical (unpaired) electrons. The standard InChI is InChI=1S/C25H30N4O3/c1-3-31-22-10-8-18(14-23(22)32-4-2)25(30)28-24(26)17-7-9-21-20(13-17)19(15-27-21)16-29-11-5-6-12-29/h7-10,13-15,27H,3-6,11-12,16H2,1-2H3,(H2,26,28,30). The van der Waals surface area contributed by atoms with E-state index in [-0.39, 0.29) is 5.84 Å². The second-order valence-electron chi connectivity index (χ2n) is 7.89. The zero-order valence-electron chi connectivity index (χ0n) is 18.7. The van der Waals surface area contributed by atoms with E-state index < -0.39 is 5.91 Å². The Labute approximate surface area is 188 Å². The number of fused-ring (bicyclic) bond motifs is 1. The number of amides is 1. The van der Waals surface area contributed by atoms with Crippen LogP contribution in [0, 0.1) is 0 Å². The van der Waals surface area contributed by atoms with Crippen molar-refractivity contribution in [2.24, 2.45) is 10.7 Å². The van der Waals surface area contributed by atoms with Crippen LogP contribution in [0.25, 0.3) is 10.9 Å². The van der Waals surface area contributed by atoms with E-state index in [1.165, 1.54) is 18.4 Å². The van der Waals surface area contributed by atoms with Crippen molar-refractivity contribution in [3.8, 4) is 11.5 Å². The van der Waals surface area contributed by atoms with Gasteiger partial charge in [0.25, 0.3) is 5.91 Å². The number of nitrogens with zero attached hydrogens (tertiary/aromatic N) is 2. The van der Waals surface area contributed by atoms with Crippen LogP contribution in [0.3, 0.4) is 0 Å². The Morgan fingerprint density at radius 1 is 1.03 bits per heavy atom. The third-order valence-electron chi connectivity index (χ3n) is 5.67. The highest BCUT2D eigenvalue weighted by Gasteiger charge is 2.16. The lowest BCUT2D eigenvalue weighted by Crippen LogP contribution is -2.18. The topological polar surface area (TPSA) is 92.9 Å². The number of likely N-dealkylation sites (tertiary alicyclic amines) is 1. The smallest absolute Gasteiger partial charge is 0.279 e. The van der Waals surface area contributed by atoms with Crippen LogP contribution in [-0.4, -0.2) is 47.9 Å². The maximum atomic E-state index is 12.8. The largest absolute Gasteiger partial charge is 0.490 e. The Balaban J connectivity index is 1.57. The number of aliphatic imine (C=N–C) groups is 1. The van der Waals surface area contributed by atoms with Gasteiger partial charge in [-0.1, -0.05) is 0 Å². The first-order chi connectivity index (χ1) is 15.6. The molecule has 0 unspecified atom stereocenters. The molecule has 3 N–H and O–H groups in total. The fourth-order valence-corrected chi connectivity index (χ4v) is 4.07. The molecule has 2 aromatic carbocycles. The van der Waals surface area contributed by atoms with E-state index in [1.54, 1.807) is 18.2 Å². The molecule has 1 amide bonds. The van der Waals surface area contributed by atoms with Crippen molar-refractivity contribution < 1.29 is 14.3 Å². The quantitative estimate of drug-likeness (QED) is 0.411. The van der Waals surface area contributed by atoms with Crippen molar-refractivity contribution in [1.82, 2.24) is 9.88 Å². The third kappa shape index (κ3) is 4.78. The summed E-state index contributed by atoms with van der Waals surface area (Å²) in [5.41, 5.74) is 9.64. The molecule has 168 valence electrons. The van der Waals surface area contributed by atoms with Gasteiger partial charge in [0.1, 0.15) is 5.84 Å². The fraction of sp³-hybridized carbons (Fsp3) is 0.360. The number of rotatable bonds is 8. The fourth-order valence-electron chi connectivity index (χ4n) is 4.07. The first-order valence-electron chi connectivity index (χ1n) is 11.2. The molecule has 0 spiro atoms. The van der Waals surface area contributed by atoms with Gasteiger partial charge in [0.15, 0.2) is 11.5 Å². The van der Waals surface area contributed by atoms with Crippen molar-refractivity contribution in [1.29, 1.82) is 0 Å². The van der Waals surface area contributed by atoms with Gasteiger partial charge in [-0.25, -0.2) is 0 Å². The Morgan fingerprint density at radius 3 is 2.50 bits per heavy atom. The first kappa shape index (κ1) is 21.9. The molecule has 0 atom stereocenters. The summed E-state index contributed by atoms with van der Waals surface area (Å²) in [5, 5.41) is 1.11. The summed E-state index contributed by atoms with van der Waals surface area (Å²) in [4.78, 5) is 22.7. The predicted octanol–water partition coefficient (Wildman–Crippen LogP) is 4.11. The van der Waals surface area contributed by atoms with Crippen LogP contribution >= 0.6 is 0 Å². The SMILES string of the molecule is CCOc1ccc(C(=O)N=C(N)c2ccc3[nH]cc(CN4CCCC4)c3c2)cc1OCC. The molecule has 7 heteroatoms. The normalized spacial score (nSPS) is 14.8. The Morgan fingerprint density at radius 2 is 1.75 bits per heavy atom. The zero-order chi connectivity index (χ0) is 22.5. The molecule has 1 saturated heterocycles. The summed E-state index contributed by atoms with van der Waals surface area (Å²) in [6, 6.07) is 10.9. The van der Waals surface area contributed by atoms with Gasteiger partial charge in [-0.05, 0) is 81.7 Å². The molecule has 32 heavy (non-hydrogen) atoms. The number of carbonyl (C=O) groups excluding carboxylic acids is 1. The number of carbonyl (C=O) groups is 1. The number of hydrogen-bond donors (Lipinski definition) is 2. The molecule has 1 fully saturated rings. The van der Waals surface area contributed by atoms with Gasteiger partial charge in [0.05, 0.1) is 13.2 Å². The lowest BCUT2D eigenvalue weighted by atomic mass is 10.1. The lowest BCUT2D eigenvalue weighted by Gasteiger charge is -2.13. The average Bonchev–Trinajstić information content (AvgIpc) is 3.45. The monoisotopic (exact) mass is 434 g/mol. The predicted molar refractivity (Wildman–Crippen MR) is 127 cm³/mol. The van der Waals surface area contributed by atoms with Crippen molar-refractivity contribution in [2.75, 3.05) is 26.3 Å². The summed E-state index contributed by atoms with van der Waals surface area (Å²) < 4.78 is 11.2. The number of nitrogens with one attached hydrogen (secondary N) is 1. The molecule has 7 nitrogen and oxygen atoms in total. The Hall–Kier alpha value is -3.32. The minimum atomic E-state index is -0.419. The minimum Gasteiger partial charge on any atom is -0.490 e. The van der Waals surface area contributed by atoms with Crippen LogP contribution in [0.2, 0.25) is 0 Å². The number of aromatic nitrogens is 1. The summed E-state index contributed by atoms with van der Waals surface area (Å²) in [7, 11) is 0. The number of benzene rings is 2. The van der Waals surface area contributed by atoms with Crippen molar-refractivity contribution in [3.63, 3.8) is 0 Å². The molecule has 1 aliphatic heterocycles. The van der Waals surface area contributed by atoms with Crippen LogP contribution in [0.15, 0.2) is 47.6 Å². The lowest BCUT2D eigenvalue weighted by molar-refractivity contribution is 0.100. The van der Waals surface area contributed by atoms with Crippen LogP contribution in [0.5, 0.6) is 11.5 Å². The van der Waals surface area contributed by atoms with E-state index in [1.807, 2.05) is 32.0 Å². The number of hydrogen-bond acceptors (Lipinski definition) is 4. The molecule has 4 rings (SSSR count). The highest BCUT2D eigenvalue weighted by Crippen LogP contribution is 2.29. The molecule has 0 bridgehead atoms. The van der Waals surface area contributed by atoms with Gasteiger partial charge in [-0.15, -0.1) is 0 Å². The number of aromatic amines is 1. The maximum Gasteiger partial charge on any atom is 0.279 e. The number of amidine groups is 1. The molecule has 1 aliphatic rings. The second kappa shape index (κ2) is 9.87. The zero-order valence-corrected chi connectivity index (χ0v) is 18.7. The van der Waals surface area contributed by atoms with Crippen LogP contribution in [0.4, 0.5) is 0 Å². The molecule has 0 saturated carbocycles. The molecule has 2 heterocycles. The van der Waals surface area contributed by atoms with Gasteiger partial charge in [-0.3, -0.25) is 9.69 Å². The molecular weight excluding hydrogens is 404 g/mol. The summed E-state index contributed by atoms with van der Waals surface area (Å²) in [6.45, 7) is 7.95. The van der Waals surface area contributed by atoms with Crippen LogP contribution in [-0.2, 0) is 6.54 Å². The second-order valence-corrected chi connectivity index (χ2v) is 7.89. The van der Waals surface area contributed by atoms with E-state index in [4.69, 9.17) is 15.2 Å². The van der Waals surface area contributed by atoms with Crippen molar-refractivity contribution in [2.45, 2.75) is 33.2 Å². The van der Waals surface area contributed by atoms with E-state index in [0.29, 0.717) is 30.3 Å². The summed E-state index contributed by atoms with van der Waals surface area (Å²) in [6.07, 6.45) is 4.57. The molecule has 1 aromatic heterocycles. The van der Waals surface area contributed by atoms with E-state index in [0.717, 1.165) is 36.1 Å². The average molecular weight is 435 g/mol. The number of nitrogens with two attached hydrogens (primary N) is 1. The highest BCUT2D eigenvalue weighted by atomic mass is 16.5. The summed E-state index contributed by atoms with van der Waals surface area (Å²) in [5.74, 6) is 0.899. The molecular formula is C25H30N4O3. The Bertz CT molecular complexity index is 1130. The van der Waals surface area contributed by atoms with Gasteiger partial charge < -0.3 is 20.2 Å². The highest BCUT2D eigenvalue weighted by molar-refractivity contribution is 6.10. The minimum absolute atomic E-state index is 0.192. The number of ether oxygens (including phenoxy) is 2. The van der Waals surface area contributed by atoms with Crippen molar-refractivity contribution >= 4 is 22.6 Å². The molecule has 3 aromatic rings. The Kier molecular flexibility index (Phi) is 6.75. The van der Waals surface area contributed by atoms with Crippen LogP contribution in [0.1, 0.15) is 48.2 Å². The van der Waals surface area contributed by atoms with E-state index >= 15 is 0 Å². The summed E-state index contributed by atoms with van der Waals surface area (Å²) >= 11 is 0. The van der Waals surface area contributed by atoms with Gasteiger partial charge in [-0.2, -0.15) is 4.99 Å². The third-order valence-corrected chi connectivity index (χ3v) is 5.67. The molecule has 0 aliphatic carbocycles. The number of H-pyrrole nitrogens is 1. The van der Waals surface area contributed by atoms with Gasteiger partial charge in [0, 0.05) is 34.8 Å². The first-order valence-corrected chi connectivity index (χ1v) is 11.2. The maximum absolute atomic E-state index is 12.8. The van der Waals surface area contributed by atoms with E-state index in [2.05, 4.69) is 21.1 Å².